The molecule has 3 N–H and O–H groups in total. The van der Waals surface area contributed by atoms with Crippen molar-refractivity contribution < 1.29 is 5.11 Å². The lowest BCUT2D eigenvalue weighted by atomic mass is 10.0. The van der Waals surface area contributed by atoms with Crippen LogP contribution in [0.4, 0.5) is 11.8 Å². The van der Waals surface area contributed by atoms with Gasteiger partial charge >= 0.3 is 0 Å². The van der Waals surface area contributed by atoms with E-state index in [1.54, 1.807) is 18.4 Å². The van der Waals surface area contributed by atoms with E-state index in [-0.39, 0.29) is 12.1 Å². The van der Waals surface area contributed by atoms with Gasteiger partial charge in [-0.1, -0.05) is 6.92 Å². The van der Waals surface area contributed by atoms with Crippen LogP contribution in [0.15, 0.2) is 6.07 Å². The van der Waals surface area contributed by atoms with E-state index >= 15 is 0 Å². The Bertz CT molecular complexity index is 577. The topological polar surface area (TPSA) is 70.1 Å². The Balaban J connectivity index is 2.51. The molecule has 104 valence electrons. The van der Waals surface area contributed by atoms with Crippen molar-refractivity contribution in [2.75, 3.05) is 24.3 Å². The molecular formula is C13H20N4OS. The predicted octanol–water partition coefficient (Wildman–Crippen LogP) is 2.61. The summed E-state index contributed by atoms with van der Waals surface area (Å²) < 4.78 is 0. The first-order chi connectivity index (χ1) is 9.01. The summed E-state index contributed by atoms with van der Waals surface area (Å²) in [7, 11) is 1.80. The average molecular weight is 280 g/mol. The first kappa shape index (κ1) is 14.0. The Hall–Kier alpha value is -1.40. The van der Waals surface area contributed by atoms with Crippen LogP contribution in [0.1, 0.15) is 25.1 Å². The minimum absolute atomic E-state index is 0.0625. The van der Waals surface area contributed by atoms with Gasteiger partial charge in [-0.3, -0.25) is 0 Å². The van der Waals surface area contributed by atoms with Crippen LogP contribution < -0.4 is 10.6 Å². The fraction of sp³-hybridized carbons (Fsp3) is 0.538. The Morgan fingerprint density at radius 3 is 2.74 bits per heavy atom. The molecule has 19 heavy (non-hydrogen) atoms. The van der Waals surface area contributed by atoms with E-state index in [1.807, 2.05) is 13.8 Å². The van der Waals surface area contributed by atoms with E-state index in [0.29, 0.717) is 5.95 Å². The van der Waals surface area contributed by atoms with E-state index in [1.165, 1.54) is 4.88 Å². The number of fused-ring (bicyclic) bond motifs is 1. The Morgan fingerprint density at radius 2 is 2.16 bits per heavy atom. The number of aromatic nitrogens is 2. The van der Waals surface area contributed by atoms with E-state index < -0.39 is 0 Å². The molecule has 0 spiro atoms. The molecule has 2 rings (SSSR count). The van der Waals surface area contributed by atoms with Crippen molar-refractivity contribution in [3.8, 4) is 0 Å². The van der Waals surface area contributed by atoms with Gasteiger partial charge in [0, 0.05) is 11.9 Å². The van der Waals surface area contributed by atoms with Crippen LogP contribution in [0.2, 0.25) is 0 Å². The van der Waals surface area contributed by atoms with Crippen molar-refractivity contribution >= 4 is 33.3 Å². The summed E-state index contributed by atoms with van der Waals surface area (Å²) in [4.78, 5) is 11.1. The Kier molecular flexibility index (Phi) is 3.91. The van der Waals surface area contributed by atoms with Gasteiger partial charge in [0.1, 0.15) is 10.6 Å². The molecule has 0 aliphatic heterocycles. The first-order valence-electron chi connectivity index (χ1n) is 6.36. The molecule has 0 aromatic carbocycles. The van der Waals surface area contributed by atoms with Crippen LogP contribution in [-0.2, 0) is 0 Å². The molecule has 0 saturated heterocycles. The molecule has 0 saturated carbocycles. The predicted molar refractivity (Wildman–Crippen MR) is 81.1 cm³/mol. The summed E-state index contributed by atoms with van der Waals surface area (Å²) in [6.07, 6.45) is 0.813. The molecule has 6 heteroatoms. The summed E-state index contributed by atoms with van der Waals surface area (Å²) in [5, 5.41) is 16.9. The first-order valence-corrected chi connectivity index (χ1v) is 7.18. The second-order valence-electron chi connectivity index (χ2n) is 4.92. The second kappa shape index (κ2) is 5.30. The van der Waals surface area contributed by atoms with Crippen molar-refractivity contribution in [2.24, 2.45) is 0 Å². The van der Waals surface area contributed by atoms with Crippen LogP contribution in [0.3, 0.4) is 0 Å². The number of aliphatic hydroxyl groups is 1. The number of hydrogen-bond donors (Lipinski definition) is 3. The van der Waals surface area contributed by atoms with Gasteiger partial charge in [-0.2, -0.15) is 4.98 Å². The summed E-state index contributed by atoms with van der Waals surface area (Å²) in [6.45, 7) is 6.14. The molecule has 5 nitrogen and oxygen atoms in total. The zero-order chi connectivity index (χ0) is 14.0. The van der Waals surface area contributed by atoms with Crippen LogP contribution in [0.25, 0.3) is 10.2 Å². The van der Waals surface area contributed by atoms with Crippen LogP contribution in [-0.4, -0.2) is 34.3 Å². The third-order valence-electron chi connectivity index (χ3n) is 3.29. The molecule has 0 aliphatic rings. The van der Waals surface area contributed by atoms with Crippen molar-refractivity contribution in [1.82, 2.24) is 9.97 Å². The average Bonchev–Trinajstić information content (AvgIpc) is 2.79. The van der Waals surface area contributed by atoms with Gasteiger partial charge in [-0.15, -0.1) is 11.3 Å². The summed E-state index contributed by atoms with van der Waals surface area (Å²) >= 11 is 1.64. The maximum Gasteiger partial charge on any atom is 0.225 e. The molecule has 0 aliphatic carbocycles. The fourth-order valence-electron chi connectivity index (χ4n) is 1.77. The molecule has 2 heterocycles. The Morgan fingerprint density at radius 1 is 1.42 bits per heavy atom. The third kappa shape index (κ3) is 2.79. The lowest BCUT2D eigenvalue weighted by molar-refractivity contribution is 0.218. The van der Waals surface area contributed by atoms with Gasteiger partial charge in [0.25, 0.3) is 0 Å². The maximum absolute atomic E-state index is 9.53. The van der Waals surface area contributed by atoms with E-state index in [0.717, 1.165) is 22.5 Å². The monoisotopic (exact) mass is 280 g/mol. The molecule has 0 bridgehead atoms. The molecule has 1 unspecified atom stereocenters. The summed E-state index contributed by atoms with van der Waals surface area (Å²) in [5.74, 6) is 1.37. The van der Waals surface area contributed by atoms with E-state index in [4.69, 9.17) is 0 Å². The summed E-state index contributed by atoms with van der Waals surface area (Å²) in [5.41, 5.74) is -0.373. The second-order valence-corrected chi connectivity index (χ2v) is 6.15. The Labute approximate surface area is 117 Å². The van der Waals surface area contributed by atoms with Gasteiger partial charge in [-0.25, -0.2) is 4.98 Å². The quantitative estimate of drug-likeness (QED) is 0.785. The highest BCUT2D eigenvalue weighted by atomic mass is 32.1. The molecule has 0 radical (unpaired) electrons. The fourth-order valence-corrected chi connectivity index (χ4v) is 2.65. The number of nitrogens with one attached hydrogen (secondary N) is 2. The number of rotatable bonds is 5. The number of thiophene rings is 1. The van der Waals surface area contributed by atoms with Crippen molar-refractivity contribution in [1.29, 1.82) is 0 Å². The largest absolute Gasteiger partial charge is 0.394 e. The maximum atomic E-state index is 9.53. The molecule has 0 fully saturated rings. The van der Waals surface area contributed by atoms with Crippen LogP contribution in [0.5, 0.6) is 0 Å². The molecule has 0 amide bonds. The number of aliphatic hydroxyl groups excluding tert-OH is 1. The number of aryl methyl sites for hydroxylation is 1. The van der Waals surface area contributed by atoms with Gasteiger partial charge in [0.2, 0.25) is 5.95 Å². The minimum Gasteiger partial charge on any atom is -0.394 e. The highest BCUT2D eigenvalue weighted by molar-refractivity contribution is 7.18. The lowest BCUT2D eigenvalue weighted by Crippen LogP contribution is -2.38. The van der Waals surface area contributed by atoms with Crippen LogP contribution >= 0.6 is 11.3 Å². The SMILES string of the molecule is CCC(C)(CO)Nc1nc(NC)nc2sc(C)cc12. The smallest absolute Gasteiger partial charge is 0.225 e. The minimum atomic E-state index is -0.373. The number of hydrogen-bond acceptors (Lipinski definition) is 6. The normalized spacial score (nSPS) is 14.4. The molecule has 1 atom stereocenters. The molecule has 2 aromatic heterocycles. The van der Waals surface area contributed by atoms with Gasteiger partial charge in [0.05, 0.1) is 17.5 Å². The lowest BCUT2D eigenvalue weighted by Gasteiger charge is -2.28. The van der Waals surface area contributed by atoms with E-state index in [2.05, 4.69) is 33.6 Å². The zero-order valence-corrected chi connectivity index (χ0v) is 12.6. The highest BCUT2D eigenvalue weighted by Crippen LogP contribution is 2.31. The van der Waals surface area contributed by atoms with Crippen molar-refractivity contribution in [3.63, 3.8) is 0 Å². The number of nitrogens with zero attached hydrogens (tertiary/aromatic N) is 2. The van der Waals surface area contributed by atoms with Gasteiger partial charge < -0.3 is 15.7 Å². The highest BCUT2D eigenvalue weighted by Gasteiger charge is 2.23. The summed E-state index contributed by atoms with van der Waals surface area (Å²) in [6, 6.07) is 2.08. The van der Waals surface area contributed by atoms with Gasteiger partial charge in [0.15, 0.2) is 0 Å². The van der Waals surface area contributed by atoms with Gasteiger partial charge in [-0.05, 0) is 26.3 Å². The molecular weight excluding hydrogens is 260 g/mol. The zero-order valence-electron chi connectivity index (χ0n) is 11.7. The van der Waals surface area contributed by atoms with Crippen molar-refractivity contribution in [3.05, 3.63) is 10.9 Å². The number of anilines is 2. The molecule has 2 aromatic rings. The van der Waals surface area contributed by atoms with Crippen molar-refractivity contribution in [2.45, 2.75) is 32.7 Å². The van der Waals surface area contributed by atoms with Crippen LogP contribution in [0, 0.1) is 6.92 Å². The van der Waals surface area contributed by atoms with E-state index in [9.17, 15) is 5.11 Å². The standard InChI is InChI=1S/C13H20N4OS/c1-5-13(3,7-18)17-10-9-6-8(2)19-11(9)16-12(14-4)15-10/h6,18H,5,7H2,1-4H3,(H2,14,15,16,17). The third-order valence-corrected chi connectivity index (χ3v) is 4.23.